The zero-order chi connectivity index (χ0) is 17.8. The van der Waals surface area contributed by atoms with Crippen LogP contribution in [0.25, 0.3) is 0 Å². The van der Waals surface area contributed by atoms with Gasteiger partial charge in [-0.25, -0.2) is 14.2 Å². The van der Waals surface area contributed by atoms with Crippen molar-refractivity contribution < 1.29 is 9.18 Å². The number of hydrogen-bond acceptors (Lipinski definition) is 4. The van der Waals surface area contributed by atoms with Crippen molar-refractivity contribution in [3.63, 3.8) is 0 Å². The molecule has 1 atom stereocenters. The lowest BCUT2D eigenvalue weighted by atomic mass is 9.92. The normalized spacial score (nSPS) is 18.0. The number of carbonyl (C=O) groups is 1. The molecule has 25 heavy (non-hydrogen) atoms. The predicted molar refractivity (Wildman–Crippen MR) is 97.7 cm³/mol. The lowest BCUT2D eigenvalue weighted by molar-refractivity contribution is 0.213. The fourth-order valence-electron chi connectivity index (χ4n) is 3.09. The maximum atomic E-state index is 14.0. The van der Waals surface area contributed by atoms with E-state index in [-0.39, 0.29) is 11.8 Å². The molecule has 2 heterocycles. The molecule has 1 aliphatic rings. The van der Waals surface area contributed by atoms with Gasteiger partial charge >= 0.3 is 6.03 Å². The van der Waals surface area contributed by atoms with Gasteiger partial charge < -0.3 is 4.90 Å². The van der Waals surface area contributed by atoms with Crippen LogP contribution in [0.5, 0.6) is 0 Å². The Balaban J connectivity index is 1.55. The summed E-state index contributed by atoms with van der Waals surface area (Å²) in [4.78, 5) is 18.3. The molecule has 0 aliphatic carbocycles. The number of carbonyl (C=O) groups excluding carboxylic acids is 1. The molecule has 1 fully saturated rings. The largest absolute Gasteiger partial charge is 0.324 e. The minimum absolute atomic E-state index is 0.144. The van der Waals surface area contributed by atoms with Gasteiger partial charge in [0.1, 0.15) is 11.6 Å². The van der Waals surface area contributed by atoms with Crippen LogP contribution in [0.1, 0.15) is 30.7 Å². The lowest BCUT2D eigenvalue weighted by Crippen LogP contribution is -2.35. The topological polar surface area (TPSA) is 58.1 Å². The van der Waals surface area contributed by atoms with Crippen molar-refractivity contribution in [2.24, 2.45) is 5.92 Å². The van der Waals surface area contributed by atoms with Gasteiger partial charge in [-0.15, -0.1) is 0 Å². The molecule has 2 amide bonds. The maximum Gasteiger partial charge on any atom is 0.323 e. The molecule has 1 aromatic heterocycles. The number of benzene rings is 1. The first-order valence-electron chi connectivity index (χ1n) is 8.31. The summed E-state index contributed by atoms with van der Waals surface area (Å²) in [5.41, 5.74) is 0.691. The zero-order valence-corrected chi connectivity index (χ0v) is 15.5. The van der Waals surface area contributed by atoms with Crippen LogP contribution >= 0.6 is 23.1 Å². The molecule has 1 unspecified atom stereocenters. The number of amides is 2. The monoisotopic (exact) mass is 382 g/mol. The first-order valence-corrected chi connectivity index (χ1v) is 9.46. The van der Waals surface area contributed by atoms with E-state index < -0.39 is 0 Å². The number of aryl methyl sites for hydroxylation is 1. The maximum absolute atomic E-state index is 14.0. The molecule has 1 aliphatic heterocycles. The smallest absolute Gasteiger partial charge is 0.323 e. The summed E-state index contributed by atoms with van der Waals surface area (Å²) < 4.78 is 18.0. The zero-order valence-electron chi connectivity index (χ0n) is 14.0. The van der Waals surface area contributed by atoms with Crippen molar-refractivity contribution in [2.45, 2.75) is 32.6 Å². The van der Waals surface area contributed by atoms with E-state index >= 15 is 0 Å². The second-order valence-corrected chi connectivity index (χ2v) is 7.49. The molecular formula is C17H20ClFN4OS. The Morgan fingerprint density at radius 3 is 3.00 bits per heavy atom. The van der Waals surface area contributed by atoms with E-state index in [2.05, 4.69) is 14.7 Å². The van der Waals surface area contributed by atoms with E-state index in [0.29, 0.717) is 47.0 Å². The Bertz CT molecular complexity index is 754. The first kappa shape index (κ1) is 18.1. The van der Waals surface area contributed by atoms with Gasteiger partial charge in [0.05, 0.1) is 0 Å². The number of urea groups is 1. The van der Waals surface area contributed by atoms with Crippen molar-refractivity contribution >= 4 is 34.3 Å². The van der Waals surface area contributed by atoms with Crippen LogP contribution in [0.4, 0.5) is 14.3 Å². The summed E-state index contributed by atoms with van der Waals surface area (Å²) in [6, 6.07) is 4.69. The first-order chi connectivity index (χ1) is 12.0. The summed E-state index contributed by atoms with van der Waals surface area (Å²) in [6.07, 6.45) is 3.41. The number of likely N-dealkylation sites (tertiary alicyclic amines) is 1. The Morgan fingerprint density at radius 2 is 2.28 bits per heavy atom. The highest BCUT2D eigenvalue weighted by atomic mass is 35.5. The minimum Gasteiger partial charge on any atom is -0.324 e. The van der Waals surface area contributed by atoms with Gasteiger partial charge in [-0.2, -0.15) is 4.37 Å². The quantitative estimate of drug-likeness (QED) is 0.849. The standard InChI is InChI=1S/C17H20ClFN4OS/c1-11-20-16(25-22-11)21-17(24)23-7-2-3-12(6-8-23)9-13-4-5-14(18)10-15(13)19/h4-5,10,12H,2-3,6-9H2,1H3,(H,20,21,22,24). The lowest BCUT2D eigenvalue weighted by Gasteiger charge is -2.20. The van der Waals surface area contributed by atoms with E-state index in [1.54, 1.807) is 24.0 Å². The van der Waals surface area contributed by atoms with Crippen LogP contribution in [-0.2, 0) is 6.42 Å². The van der Waals surface area contributed by atoms with Gasteiger partial charge in [-0.05, 0) is 56.2 Å². The van der Waals surface area contributed by atoms with Gasteiger partial charge in [-0.1, -0.05) is 17.7 Å². The van der Waals surface area contributed by atoms with Gasteiger partial charge in [0.2, 0.25) is 5.13 Å². The third-order valence-electron chi connectivity index (χ3n) is 4.40. The molecule has 1 saturated heterocycles. The second kappa shape index (κ2) is 8.10. The third kappa shape index (κ3) is 4.89. The number of nitrogens with one attached hydrogen (secondary N) is 1. The fraction of sp³-hybridized carbons (Fsp3) is 0.471. The SMILES string of the molecule is Cc1nsc(NC(=O)N2CCCC(Cc3ccc(Cl)cc3F)CC2)n1. The van der Waals surface area contributed by atoms with Crippen molar-refractivity contribution in [2.75, 3.05) is 18.4 Å². The molecular weight excluding hydrogens is 363 g/mol. The molecule has 8 heteroatoms. The van der Waals surface area contributed by atoms with E-state index in [1.165, 1.54) is 17.6 Å². The van der Waals surface area contributed by atoms with Crippen molar-refractivity contribution in [1.29, 1.82) is 0 Å². The van der Waals surface area contributed by atoms with Gasteiger partial charge in [0.15, 0.2) is 0 Å². The molecule has 2 aromatic rings. The van der Waals surface area contributed by atoms with Crippen molar-refractivity contribution in [3.05, 3.63) is 40.4 Å². The molecule has 5 nitrogen and oxygen atoms in total. The molecule has 0 saturated carbocycles. The minimum atomic E-state index is -0.252. The number of aromatic nitrogens is 2. The Labute approximate surface area is 155 Å². The Hall–Kier alpha value is -1.73. The molecule has 3 rings (SSSR count). The average molecular weight is 383 g/mol. The van der Waals surface area contributed by atoms with Crippen molar-refractivity contribution in [3.8, 4) is 0 Å². The third-order valence-corrected chi connectivity index (χ3v) is 5.36. The molecule has 134 valence electrons. The van der Waals surface area contributed by atoms with Crippen LogP contribution in [0, 0.1) is 18.7 Å². The van der Waals surface area contributed by atoms with Crippen LogP contribution < -0.4 is 5.32 Å². The van der Waals surface area contributed by atoms with E-state index in [1.807, 2.05) is 0 Å². The fourth-order valence-corrected chi connectivity index (χ4v) is 3.81. The second-order valence-electron chi connectivity index (χ2n) is 6.30. The molecule has 0 radical (unpaired) electrons. The van der Waals surface area contributed by atoms with Crippen LogP contribution in [0.15, 0.2) is 18.2 Å². The van der Waals surface area contributed by atoms with E-state index in [4.69, 9.17) is 11.6 Å². The Morgan fingerprint density at radius 1 is 1.44 bits per heavy atom. The molecule has 0 spiro atoms. The number of halogens is 2. The van der Waals surface area contributed by atoms with Crippen molar-refractivity contribution in [1.82, 2.24) is 14.3 Å². The van der Waals surface area contributed by atoms with Gasteiger partial charge in [-0.3, -0.25) is 5.32 Å². The molecule has 0 bridgehead atoms. The van der Waals surface area contributed by atoms with Gasteiger partial charge in [0, 0.05) is 29.6 Å². The summed E-state index contributed by atoms with van der Waals surface area (Å²) in [6.45, 7) is 3.14. The summed E-state index contributed by atoms with van der Waals surface area (Å²) in [5, 5.41) is 3.73. The van der Waals surface area contributed by atoms with Gasteiger partial charge in [0.25, 0.3) is 0 Å². The average Bonchev–Trinajstić information content (AvgIpc) is 2.83. The summed E-state index contributed by atoms with van der Waals surface area (Å²) in [5.74, 6) is 0.761. The number of rotatable bonds is 3. The molecule has 1 N–H and O–H groups in total. The Kier molecular flexibility index (Phi) is 5.86. The summed E-state index contributed by atoms with van der Waals surface area (Å²) >= 11 is 6.99. The number of nitrogens with zero attached hydrogens (tertiary/aromatic N) is 3. The molecule has 1 aromatic carbocycles. The highest BCUT2D eigenvalue weighted by Gasteiger charge is 2.22. The highest BCUT2D eigenvalue weighted by Crippen LogP contribution is 2.25. The highest BCUT2D eigenvalue weighted by molar-refractivity contribution is 7.09. The van der Waals surface area contributed by atoms with E-state index in [9.17, 15) is 9.18 Å². The summed E-state index contributed by atoms with van der Waals surface area (Å²) in [7, 11) is 0. The van der Waals surface area contributed by atoms with E-state index in [0.717, 1.165) is 19.3 Å². The number of anilines is 1. The number of hydrogen-bond donors (Lipinski definition) is 1. The predicted octanol–water partition coefficient (Wildman–Crippen LogP) is 4.52. The van der Waals surface area contributed by atoms with Crippen LogP contribution in [0.2, 0.25) is 5.02 Å². The van der Waals surface area contributed by atoms with Crippen LogP contribution in [0.3, 0.4) is 0 Å². The van der Waals surface area contributed by atoms with Crippen LogP contribution in [-0.4, -0.2) is 33.4 Å².